The monoisotopic (exact) mass is 273 g/mol. The van der Waals surface area contributed by atoms with Crippen LogP contribution in [0.2, 0.25) is 0 Å². The summed E-state index contributed by atoms with van der Waals surface area (Å²) in [5.41, 5.74) is 5.34. The Bertz CT molecular complexity index is 577. The molecule has 1 aromatic carbocycles. The lowest BCUT2D eigenvalue weighted by Crippen LogP contribution is -2.26. The maximum Gasteiger partial charge on any atom is 0.0638 e. The lowest BCUT2D eigenvalue weighted by Gasteiger charge is -2.26. The molecule has 1 aliphatic heterocycles. The van der Waals surface area contributed by atoms with Crippen LogP contribution in [0.3, 0.4) is 0 Å². The first-order chi connectivity index (χ1) is 9.24. The summed E-state index contributed by atoms with van der Waals surface area (Å²) in [6.45, 7) is 2.96. The predicted octanol–water partition coefficient (Wildman–Crippen LogP) is 2.81. The largest absolute Gasteiger partial charge is 0.305 e. The van der Waals surface area contributed by atoms with Crippen molar-refractivity contribution in [3.05, 3.63) is 52.8 Å². The van der Waals surface area contributed by atoms with Gasteiger partial charge in [-0.1, -0.05) is 24.3 Å². The van der Waals surface area contributed by atoms with Crippen molar-refractivity contribution >= 4 is 11.8 Å². The highest BCUT2D eigenvalue weighted by atomic mass is 32.2. The fraction of sp³-hybridized carbons (Fsp3) is 0.400. The van der Waals surface area contributed by atoms with Crippen LogP contribution >= 0.6 is 11.8 Å². The summed E-state index contributed by atoms with van der Waals surface area (Å²) in [5, 5.41) is 8.06. The van der Waals surface area contributed by atoms with Crippen molar-refractivity contribution in [1.82, 2.24) is 15.1 Å². The number of nitrogens with one attached hydrogen (secondary N) is 1. The van der Waals surface area contributed by atoms with Crippen molar-refractivity contribution in [3.63, 3.8) is 0 Å². The van der Waals surface area contributed by atoms with Gasteiger partial charge in [-0.15, -0.1) is 0 Å². The number of rotatable bonds is 3. The Kier molecular flexibility index (Phi) is 3.62. The molecule has 1 N–H and O–H groups in total. The molecule has 1 unspecified atom stereocenters. The molecule has 0 spiro atoms. The van der Waals surface area contributed by atoms with E-state index in [-0.39, 0.29) is 0 Å². The Balaban J connectivity index is 1.73. The summed E-state index contributed by atoms with van der Waals surface area (Å²) in [4.78, 5) is 0. The van der Waals surface area contributed by atoms with Gasteiger partial charge in [-0.3, -0.25) is 4.68 Å². The van der Waals surface area contributed by atoms with Crippen LogP contribution < -0.4 is 5.32 Å². The third kappa shape index (κ3) is 2.69. The first-order valence-electron chi connectivity index (χ1n) is 6.62. The highest BCUT2D eigenvalue weighted by molar-refractivity contribution is 7.98. The van der Waals surface area contributed by atoms with Crippen LogP contribution in [-0.4, -0.2) is 15.5 Å². The fourth-order valence-electron chi connectivity index (χ4n) is 2.61. The second-order valence-electron chi connectivity index (χ2n) is 5.06. The average Bonchev–Trinajstić information content (AvgIpc) is 2.74. The third-order valence-corrected chi connectivity index (χ3v) is 4.71. The van der Waals surface area contributed by atoms with Gasteiger partial charge in [0.05, 0.1) is 5.69 Å². The molecule has 4 heteroatoms. The molecule has 2 heterocycles. The number of hydrogen-bond donors (Lipinski definition) is 1. The Labute approximate surface area is 118 Å². The van der Waals surface area contributed by atoms with Crippen molar-refractivity contribution in [2.24, 2.45) is 7.05 Å². The zero-order chi connectivity index (χ0) is 13.2. The number of nitrogens with zero attached hydrogens (tertiary/aromatic N) is 2. The van der Waals surface area contributed by atoms with E-state index in [0.29, 0.717) is 6.04 Å². The van der Waals surface area contributed by atoms with Crippen molar-refractivity contribution in [2.75, 3.05) is 5.75 Å². The van der Waals surface area contributed by atoms with Gasteiger partial charge in [-0.05, 0) is 18.1 Å². The molecule has 0 amide bonds. The predicted molar refractivity (Wildman–Crippen MR) is 80.1 cm³/mol. The van der Waals surface area contributed by atoms with Crippen molar-refractivity contribution < 1.29 is 0 Å². The van der Waals surface area contributed by atoms with E-state index in [1.54, 1.807) is 0 Å². The number of hydrogen-bond acceptors (Lipinski definition) is 3. The van der Waals surface area contributed by atoms with Crippen molar-refractivity contribution in [1.29, 1.82) is 0 Å². The molecule has 0 aliphatic carbocycles. The van der Waals surface area contributed by atoms with Crippen LogP contribution in [0.15, 0.2) is 30.5 Å². The lowest BCUT2D eigenvalue weighted by atomic mass is 10.0. The summed E-state index contributed by atoms with van der Waals surface area (Å²) < 4.78 is 1.88. The van der Waals surface area contributed by atoms with E-state index in [0.717, 1.165) is 23.7 Å². The molecule has 3 rings (SSSR count). The molecule has 0 fully saturated rings. The Hall–Kier alpha value is -1.26. The SMILES string of the molecule is Cc1nn(C)cc1CNC1CSCc2ccccc21. The standard InChI is InChI=1S/C15H19N3S/c1-11-13(8-18(2)17-11)7-16-15-10-19-9-12-5-3-4-6-14(12)15/h3-6,8,15-16H,7,9-10H2,1-2H3. The molecular formula is C15H19N3S. The van der Waals surface area contributed by atoms with Crippen molar-refractivity contribution in [2.45, 2.75) is 25.3 Å². The minimum Gasteiger partial charge on any atom is -0.305 e. The third-order valence-electron chi connectivity index (χ3n) is 3.63. The molecule has 19 heavy (non-hydrogen) atoms. The summed E-state index contributed by atoms with van der Waals surface area (Å²) in [6, 6.07) is 9.22. The average molecular weight is 273 g/mol. The molecule has 1 aliphatic rings. The fourth-order valence-corrected chi connectivity index (χ4v) is 3.74. The van der Waals surface area contributed by atoms with Crippen LogP contribution in [0.4, 0.5) is 0 Å². The molecule has 0 saturated heterocycles. The van der Waals surface area contributed by atoms with Crippen molar-refractivity contribution in [3.8, 4) is 0 Å². The van der Waals surface area contributed by atoms with Gasteiger partial charge in [0.25, 0.3) is 0 Å². The van der Waals surface area contributed by atoms with E-state index >= 15 is 0 Å². The topological polar surface area (TPSA) is 29.9 Å². The maximum absolute atomic E-state index is 4.39. The van der Waals surface area contributed by atoms with Crippen LogP contribution in [0.5, 0.6) is 0 Å². The first-order valence-corrected chi connectivity index (χ1v) is 7.77. The molecular weight excluding hydrogens is 254 g/mol. The Morgan fingerprint density at radius 1 is 1.42 bits per heavy atom. The second kappa shape index (κ2) is 5.39. The van der Waals surface area contributed by atoms with Gasteiger partial charge in [0.15, 0.2) is 0 Å². The zero-order valence-electron chi connectivity index (χ0n) is 11.4. The summed E-state index contributed by atoms with van der Waals surface area (Å²) in [5.74, 6) is 2.29. The van der Waals surface area contributed by atoms with Gasteiger partial charge >= 0.3 is 0 Å². The maximum atomic E-state index is 4.39. The van der Waals surface area contributed by atoms with Gasteiger partial charge < -0.3 is 5.32 Å². The minimum absolute atomic E-state index is 0.453. The number of fused-ring (bicyclic) bond motifs is 1. The minimum atomic E-state index is 0.453. The molecule has 1 aromatic heterocycles. The molecule has 0 bridgehead atoms. The molecule has 1 atom stereocenters. The highest BCUT2D eigenvalue weighted by Gasteiger charge is 2.19. The lowest BCUT2D eigenvalue weighted by molar-refractivity contribution is 0.573. The summed E-state index contributed by atoms with van der Waals surface area (Å²) in [6.07, 6.45) is 2.10. The Morgan fingerprint density at radius 3 is 3.05 bits per heavy atom. The number of aryl methyl sites for hydroxylation is 2. The second-order valence-corrected chi connectivity index (χ2v) is 6.09. The number of thioether (sulfide) groups is 1. The van der Waals surface area contributed by atoms with E-state index in [4.69, 9.17) is 0 Å². The number of aromatic nitrogens is 2. The summed E-state index contributed by atoms with van der Waals surface area (Å²) >= 11 is 2.01. The van der Waals surface area contributed by atoms with Gasteiger partial charge in [0.2, 0.25) is 0 Å². The molecule has 3 nitrogen and oxygen atoms in total. The molecule has 2 aromatic rings. The molecule has 0 radical (unpaired) electrons. The smallest absolute Gasteiger partial charge is 0.0638 e. The zero-order valence-corrected chi connectivity index (χ0v) is 12.2. The van der Waals surface area contributed by atoms with E-state index in [9.17, 15) is 0 Å². The molecule has 100 valence electrons. The number of benzene rings is 1. The van der Waals surface area contributed by atoms with Gasteiger partial charge in [-0.2, -0.15) is 16.9 Å². The van der Waals surface area contributed by atoms with Gasteiger partial charge in [0, 0.05) is 42.9 Å². The molecule has 0 saturated carbocycles. The normalized spacial score (nSPS) is 18.3. The van der Waals surface area contributed by atoms with Crippen LogP contribution in [-0.2, 0) is 19.3 Å². The highest BCUT2D eigenvalue weighted by Crippen LogP contribution is 2.31. The van der Waals surface area contributed by atoms with Crippen LogP contribution in [0.25, 0.3) is 0 Å². The quantitative estimate of drug-likeness (QED) is 0.932. The van der Waals surface area contributed by atoms with E-state index < -0.39 is 0 Å². The van der Waals surface area contributed by atoms with Crippen LogP contribution in [0, 0.1) is 6.92 Å². The van der Waals surface area contributed by atoms with E-state index in [1.165, 1.54) is 16.7 Å². The van der Waals surface area contributed by atoms with Gasteiger partial charge in [-0.25, -0.2) is 0 Å². The Morgan fingerprint density at radius 2 is 2.26 bits per heavy atom. The van der Waals surface area contributed by atoms with Gasteiger partial charge in [0.1, 0.15) is 0 Å². The van der Waals surface area contributed by atoms with E-state index in [1.807, 2.05) is 23.5 Å². The van der Waals surface area contributed by atoms with Crippen LogP contribution in [0.1, 0.15) is 28.4 Å². The first kappa shape index (κ1) is 12.8. The summed E-state index contributed by atoms with van der Waals surface area (Å²) in [7, 11) is 1.97. The van der Waals surface area contributed by atoms with E-state index in [2.05, 4.69) is 47.8 Å².